The standard InChI is InChI=1S/C68H68N2/c1-46-43-62(51-25-11-5-12-26-51)64(52-27-15-16-28-52)68-61-36-18-17-35-60(61)65(67(70(46)68)54-29-13-6-14-30-54)58-34-20-32-56(45-58)55-31-19-33-57(44-55)63-42-41-59(50-23-9-4-10-24-50)47(2)66(69-63)53-39-37-49(38-40-53)48-21-7-3-8-22-48/h4-7,9-15,17,19-21,23,25,27,29-31,33-35,37,39,42-45,48,50-52,56,59,69H,1,3,8,16,18,22,24,26,28,32,36,38,40-41H2,2H3. The molecule has 0 radical (unpaired) electrons. The van der Waals surface area contributed by atoms with Gasteiger partial charge >= 0.3 is 0 Å². The maximum absolute atomic E-state index is 4.93. The van der Waals surface area contributed by atoms with Crippen LogP contribution in [-0.2, 0) is 0 Å². The molecule has 2 nitrogen and oxygen atoms in total. The van der Waals surface area contributed by atoms with Crippen molar-refractivity contribution in [1.29, 1.82) is 0 Å². The fourth-order valence-electron chi connectivity index (χ4n) is 13.3. The Morgan fingerprint density at radius 1 is 0.657 bits per heavy atom. The number of nitrogens with one attached hydrogen (secondary N) is 1. The van der Waals surface area contributed by atoms with Crippen molar-refractivity contribution in [3.63, 3.8) is 0 Å². The van der Waals surface area contributed by atoms with E-state index in [4.69, 9.17) is 6.58 Å². The quantitative estimate of drug-likeness (QED) is 0.252. The van der Waals surface area contributed by atoms with Crippen LogP contribution in [0.3, 0.4) is 0 Å². The van der Waals surface area contributed by atoms with Crippen molar-refractivity contribution >= 4 is 11.4 Å². The Hall–Kier alpha value is -6.64. The van der Waals surface area contributed by atoms with Crippen molar-refractivity contribution in [1.82, 2.24) is 10.2 Å². The molecule has 70 heavy (non-hydrogen) atoms. The van der Waals surface area contributed by atoms with Gasteiger partial charge in [0.1, 0.15) is 0 Å². The van der Waals surface area contributed by atoms with Crippen molar-refractivity contribution in [3.05, 3.63) is 273 Å². The Morgan fingerprint density at radius 2 is 1.50 bits per heavy atom. The van der Waals surface area contributed by atoms with E-state index in [-0.39, 0.29) is 5.92 Å². The SMILES string of the molecule is C=C1C=C(C2C=CC=CC2)C(C2C=CCC2)=C2C3=C(C=CCC3)C(C3=CC(c4cccc(C5=CCC(C6C=CC=CC6)C(C)=C(C6=CC=C(C7C=CCCC7)CC6)N5)c4)CC=C3)=C(c3ccccc3)N12. The van der Waals surface area contributed by atoms with E-state index in [0.717, 1.165) is 69.9 Å². The summed E-state index contributed by atoms with van der Waals surface area (Å²) in [5.41, 5.74) is 23.1. The van der Waals surface area contributed by atoms with Gasteiger partial charge in [0.2, 0.25) is 0 Å². The van der Waals surface area contributed by atoms with Crippen molar-refractivity contribution in [2.24, 2.45) is 29.6 Å². The summed E-state index contributed by atoms with van der Waals surface area (Å²) in [6, 6.07) is 20.7. The summed E-state index contributed by atoms with van der Waals surface area (Å²) < 4.78 is 0. The van der Waals surface area contributed by atoms with Crippen molar-refractivity contribution in [2.45, 2.75) is 96.3 Å². The third-order valence-corrected chi connectivity index (χ3v) is 16.9. The molecule has 7 aliphatic carbocycles. The molecule has 10 aliphatic rings. The second kappa shape index (κ2) is 19.6. The van der Waals surface area contributed by atoms with E-state index < -0.39 is 0 Å². The van der Waals surface area contributed by atoms with Crippen LogP contribution in [0.4, 0.5) is 0 Å². The highest BCUT2D eigenvalue weighted by molar-refractivity contribution is 5.87. The molecule has 6 unspecified atom stereocenters. The molecule has 0 fully saturated rings. The van der Waals surface area contributed by atoms with Crippen molar-refractivity contribution in [2.75, 3.05) is 0 Å². The fourth-order valence-corrected chi connectivity index (χ4v) is 13.3. The minimum Gasteiger partial charge on any atom is -0.355 e. The van der Waals surface area contributed by atoms with Gasteiger partial charge in [-0.3, -0.25) is 0 Å². The molecule has 0 saturated carbocycles. The predicted molar refractivity (Wildman–Crippen MR) is 294 cm³/mol. The lowest BCUT2D eigenvalue weighted by Gasteiger charge is -2.45. The third-order valence-electron chi connectivity index (χ3n) is 16.9. The lowest BCUT2D eigenvalue weighted by molar-refractivity contribution is 0.455. The summed E-state index contributed by atoms with van der Waals surface area (Å²) in [5.74, 6) is 2.51. The lowest BCUT2D eigenvalue weighted by atomic mass is 9.72. The van der Waals surface area contributed by atoms with Crippen LogP contribution in [0.2, 0.25) is 0 Å². The summed E-state index contributed by atoms with van der Waals surface area (Å²) in [6.45, 7) is 7.34. The average Bonchev–Trinajstić information content (AvgIpc) is 3.91. The third kappa shape index (κ3) is 8.48. The van der Waals surface area contributed by atoms with Crippen LogP contribution >= 0.6 is 0 Å². The van der Waals surface area contributed by atoms with E-state index in [2.05, 4.69) is 199 Å². The Morgan fingerprint density at radius 3 is 2.29 bits per heavy atom. The van der Waals surface area contributed by atoms with E-state index in [0.29, 0.717) is 29.6 Å². The lowest BCUT2D eigenvalue weighted by Crippen LogP contribution is -2.34. The maximum atomic E-state index is 4.93. The number of hydrogen-bond acceptors (Lipinski definition) is 2. The average molecular weight is 913 g/mol. The fraction of sp³-hybridized carbons (Fsp3) is 0.294. The summed E-state index contributed by atoms with van der Waals surface area (Å²) in [6.07, 6.45) is 65.0. The van der Waals surface area contributed by atoms with Crippen molar-refractivity contribution in [3.8, 4) is 0 Å². The molecule has 12 rings (SSSR count). The zero-order valence-corrected chi connectivity index (χ0v) is 41.1. The molecule has 3 heterocycles. The highest BCUT2D eigenvalue weighted by atomic mass is 15.2. The molecule has 0 bridgehead atoms. The minimum atomic E-state index is 0.230. The molecule has 0 amide bonds. The van der Waals surface area contributed by atoms with E-state index >= 15 is 0 Å². The molecule has 3 aliphatic heterocycles. The molecule has 2 aromatic carbocycles. The van der Waals surface area contributed by atoms with Gasteiger partial charge in [0.05, 0.1) is 11.4 Å². The number of hydrogen-bond donors (Lipinski definition) is 1. The van der Waals surface area contributed by atoms with Crippen LogP contribution in [-0.4, -0.2) is 4.90 Å². The molecule has 1 N–H and O–H groups in total. The number of fused-ring (bicyclic) bond motifs is 2. The second-order valence-corrected chi connectivity index (χ2v) is 21.1. The normalized spacial score (nSPS) is 28.3. The van der Waals surface area contributed by atoms with Gasteiger partial charge in [-0.2, -0.15) is 0 Å². The molecule has 0 saturated heterocycles. The largest absolute Gasteiger partial charge is 0.355 e. The van der Waals surface area contributed by atoms with Gasteiger partial charge in [0.15, 0.2) is 0 Å². The summed E-state index contributed by atoms with van der Waals surface area (Å²) in [7, 11) is 0. The van der Waals surface area contributed by atoms with Gasteiger partial charge in [0, 0.05) is 40.4 Å². The van der Waals surface area contributed by atoms with E-state index in [1.165, 1.54) is 103 Å². The Bertz CT molecular complexity index is 3030. The Kier molecular flexibility index (Phi) is 12.5. The highest BCUT2D eigenvalue weighted by Crippen LogP contribution is 2.55. The molecule has 350 valence electrons. The monoisotopic (exact) mass is 913 g/mol. The van der Waals surface area contributed by atoms with Crippen LogP contribution in [0.1, 0.15) is 113 Å². The van der Waals surface area contributed by atoms with Crippen LogP contribution in [0, 0.1) is 29.6 Å². The first-order valence-corrected chi connectivity index (χ1v) is 26.8. The number of rotatable bonds is 9. The maximum Gasteiger partial charge on any atom is 0.0618 e. The van der Waals surface area contributed by atoms with Gasteiger partial charge in [-0.15, -0.1) is 0 Å². The predicted octanol–water partition coefficient (Wildman–Crippen LogP) is 17.2. The van der Waals surface area contributed by atoms with E-state index in [1.807, 2.05) is 0 Å². The zero-order valence-electron chi connectivity index (χ0n) is 41.1. The van der Waals surface area contributed by atoms with Gasteiger partial charge in [-0.25, -0.2) is 0 Å². The smallest absolute Gasteiger partial charge is 0.0618 e. The molecule has 0 aromatic heterocycles. The zero-order chi connectivity index (χ0) is 47.0. The Labute approximate surface area is 418 Å². The molecule has 6 atom stereocenters. The minimum absolute atomic E-state index is 0.230. The van der Waals surface area contributed by atoms with Crippen LogP contribution in [0.15, 0.2) is 256 Å². The first kappa shape index (κ1) is 44.6. The van der Waals surface area contributed by atoms with Gasteiger partial charge < -0.3 is 10.2 Å². The number of benzene rings is 2. The van der Waals surface area contributed by atoms with Gasteiger partial charge in [0.25, 0.3) is 0 Å². The van der Waals surface area contributed by atoms with Gasteiger partial charge in [-0.1, -0.05) is 182 Å². The van der Waals surface area contributed by atoms with Crippen LogP contribution in [0.25, 0.3) is 11.4 Å². The topological polar surface area (TPSA) is 15.3 Å². The second-order valence-electron chi connectivity index (χ2n) is 21.1. The highest BCUT2D eigenvalue weighted by Gasteiger charge is 2.41. The summed E-state index contributed by atoms with van der Waals surface area (Å²) >= 11 is 0. The number of allylic oxidation sites excluding steroid dienone is 30. The first-order chi connectivity index (χ1) is 34.6. The van der Waals surface area contributed by atoms with Crippen molar-refractivity contribution < 1.29 is 0 Å². The van der Waals surface area contributed by atoms with Crippen LogP contribution < -0.4 is 5.32 Å². The summed E-state index contributed by atoms with van der Waals surface area (Å²) in [5, 5.41) is 4.14. The molecular weight excluding hydrogens is 845 g/mol. The Balaban J connectivity index is 0.931. The van der Waals surface area contributed by atoms with Crippen LogP contribution in [0.5, 0.6) is 0 Å². The molecular formula is C68H68N2. The number of nitrogens with zero attached hydrogens (tertiary/aromatic N) is 1. The van der Waals surface area contributed by atoms with Gasteiger partial charge in [-0.05, 0) is 176 Å². The first-order valence-electron chi connectivity index (χ1n) is 26.8. The molecule has 0 spiro atoms. The van der Waals surface area contributed by atoms with E-state index in [1.54, 1.807) is 5.57 Å². The summed E-state index contributed by atoms with van der Waals surface area (Å²) in [4.78, 5) is 2.59. The molecule has 2 heteroatoms. The van der Waals surface area contributed by atoms with E-state index in [9.17, 15) is 0 Å². The molecule has 2 aromatic rings.